The highest BCUT2D eigenvalue weighted by Gasteiger charge is 2.82. The Hall–Kier alpha value is -1.37. The average Bonchev–Trinajstić information content (AvgIpc) is 3.34. The molecule has 0 amide bonds. The maximum Gasteiger partial charge on any atom is 0.190 e. The van der Waals surface area contributed by atoms with Gasteiger partial charge in [-0.2, -0.15) is 0 Å². The summed E-state index contributed by atoms with van der Waals surface area (Å²) in [6.07, 6.45) is 4.58. The van der Waals surface area contributed by atoms with Gasteiger partial charge in [-0.25, -0.2) is 4.39 Å². The molecule has 2 N–H and O–H groups in total. The summed E-state index contributed by atoms with van der Waals surface area (Å²) in [5.74, 6) is -1.32. The van der Waals surface area contributed by atoms with Crippen molar-refractivity contribution in [2.75, 3.05) is 6.61 Å². The normalized spacial score (nSPS) is 56.3. The van der Waals surface area contributed by atoms with Crippen LogP contribution < -0.4 is 0 Å². The van der Waals surface area contributed by atoms with Crippen LogP contribution in [0, 0.1) is 28.6 Å². The van der Waals surface area contributed by atoms with Crippen molar-refractivity contribution in [3.05, 3.63) is 23.8 Å². The first-order valence-electron chi connectivity index (χ1n) is 10.2. The zero-order chi connectivity index (χ0) is 20.3. The second kappa shape index (κ2) is 5.21. The average molecular weight is 390 g/mol. The molecule has 6 heteroatoms. The van der Waals surface area contributed by atoms with Gasteiger partial charge in [-0.3, -0.25) is 9.59 Å². The first kappa shape index (κ1) is 18.6. The molecular weight excluding hydrogens is 363 g/mol. The van der Waals surface area contributed by atoms with E-state index in [2.05, 4.69) is 0 Å². The number of ketones is 2. The number of halogens is 1. The minimum absolute atomic E-state index is 0.0931. The van der Waals surface area contributed by atoms with E-state index in [9.17, 15) is 19.8 Å². The largest absolute Gasteiger partial charge is 0.388 e. The molecule has 1 saturated heterocycles. The number of carbonyl (C=O) groups excluding carboxylic acids is 2. The van der Waals surface area contributed by atoms with E-state index in [1.54, 1.807) is 6.08 Å². The van der Waals surface area contributed by atoms with Gasteiger partial charge >= 0.3 is 0 Å². The predicted molar refractivity (Wildman–Crippen MR) is 98.0 cm³/mol. The van der Waals surface area contributed by atoms with Crippen LogP contribution in [0.1, 0.15) is 40.0 Å². The van der Waals surface area contributed by atoms with Crippen LogP contribution >= 0.6 is 0 Å². The second-order valence-electron chi connectivity index (χ2n) is 9.96. The highest BCUT2D eigenvalue weighted by Crippen LogP contribution is 2.76. The van der Waals surface area contributed by atoms with Gasteiger partial charge in [0.05, 0.1) is 6.10 Å². The molecule has 1 heterocycles. The van der Waals surface area contributed by atoms with Crippen LogP contribution in [-0.2, 0) is 14.3 Å². The Morgan fingerprint density at radius 1 is 1.32 bits per heavy atom. The molecule has 4 fully saturated rings. The second-order valence-corrected chi connectivity index (χ2v) is 9.96. The molecule has 1 spiro atoms. The molecule has 5 aliphatic rings. The van der Waals surface area contributed by atoms with Gasteiger partial charge in [0.15, 0.2) is 11.6 Å². The summed E-state index contributed by atoms with van der Waals surface area (Å²) >= 11 is 0. The molecule has 4 unspecified atom stereocenters. The van der Waals surface area contributed by atoms with Gasteiger partial charge in [0.25, 0.3) is 0 Å². The number of rotatable bonds is 2. The molecule has 5 rings (SSSR count). The fourth-order valence-electron chi connectivity index (χ4n) is 7.69. The summed E-state index contributed by atoms with van der Waals surface area (Å²) in [4.78, 5) is 24.5. The first-order valence-corrected chi connectivity index (χ1v) is 10.2. The summed E-state index contributed by atoms with van der Waals surface area (Å²) in [5.41, 5.74) is -3.19. The summed E-state index contributed by atoms with van der Waals surface area (Å²) in [5, 5.41) is 21.0. The Balaban J connectivity index is 1.63. The smallest absolute Gasteiger partial charge is 0.190 e. The van der Waals surface area contributed by atoms with Crippen molar-refractivity contribution in [3.63, 3.8) is 0 Å². The minimum Gasteiger partial charge on any atom is -0.388 e. The molecule has 9 atom stereocenters. The van der Waals surface area contributed by atoms with Crippen molar-refractivity contribution < 1.29 is 28.9 Å². The maximum absolute atomic E-state index is 15.3. The SMILES string of the molecule is CC1C[C@H]2[C@@H]3CC(F)C4=CC(=O)C=C[C@]4(C)C34OC4C[C@]2(C)[C@@]1(O)C(=O)CO. The van der Waals surface area contributed by atoms with Crippen LogP contribution in [0.4, 0.5) is 4.39 Å². The van der Waals surface area contributed by atoms with Crippen LogP contribution in [0.25, 0.3) is 0 Å². The lowest BCUT2D eigenvalue weighted by Gasteiger charge is -2.56. The Kier molecular flexibility index (Phi) is 3.47. The molecule has 28 heavy (non-hydrogen) atoms. The van der Waals surface area contributed by atoms with Crippen molar-refractivity contribution in [3.8, 4) is 0 Å². The number of aliphatic hydroxyl groups is 2. The molecule has 0 radical (unpaired) electrons. The Bertz CT molecular complexity index is 850. The molecular formula is C22H27FO5. The zero-order valence-electron chi connectivity index (χ0n) is 16.4. The van der Waals surface area contributed by atoms with E-state index in [0.29, 0.717) is 18.4 Å². The molecule has 1 aliphatic heterocycles. The maximum atomic E-state index is 15.3. The van der Waals surface area contributed by atoms with E-state index in [1.807, 2.05) is 20.8 Å². The van der Waals surface area contributed by atoms with Gasteiger partial charge in [-0.1, -0.05) is 19.9 Å². The highest BCUT2D eigenvalue weighted by molar-refractivity contribution is 6.01. The Labute approximate surface area is 163 Å². The molecule has 0 aromatic rings. The van der Waals surface area contributed by atoms with Gasteiger partial charge in [0.2, 0.25) is 0 Å². The number of hydrogen-bond acceptors (Lipinski definition) is 5. The van der Waals surface area contributed by atoms with E-state index in [0.717, 1.165) is 0 Å². The molecule has 0 aromatic carbocycles. The number of alkyl halides is 1. The van der Waals surface area contributed by atoms with Gasteiger partial charge in [-0.05, 0) is 61.7 Å². The van der Waals surface area contributed by atoms with E-state index in [4.69, 9.17) is 4.74 Å². The number of epoxide rings is 1. The topological polar surface area (TPSA) is 87.1 Å². The van der Waals surface area contributed by atoms with Crippen molar-refractivity contribution in [1.29, 1.82) is 0 Å². The third-order valence-electron chi connectivity index (χ3n) is 9.07. The van der Waals surface area contributed by atoms with Crippen molar-refractivity contribution in [2.45, 2.75) is 63.5 Å². The summed E-state index contributed by atoms with van der Waals surface area (Å²) < 4.78 is 21.6. The van der Waals surface area contributed by atoms with E-state index < -0.39 is 40.6 Å². The molecule has 152 valence electrons. The number of hydrogen-bond donors (Lipinski definition) is 2. The van der Waals surface area contributed by atoms with Gasteiger partial charge in [0.1, 0.15) is 24.0 Å². The number of ether oxygens (including phenoxy) is 1. The van der Waals surface area contributed by atoms with Crippen molar-refractivity contribution in [1.82, 2.24) is 0 Å². The van der Waals surface area contributed by atoms with E-state index in [1.165, 1.54) is 12.2 Å². The molecule has 0 bridgehead atoms. The molecule has 4 aliphatic carbocycles. The molecule has 3 saturated carbocycles. The number of fused-ring (bicyclic) bond motifs is 3. The fraction of sp³-hybridized carbons (Fsp3) is 0.727. The Morgan fingerprint density at radius 3 is 2.71 bits per heavy atom. The summed E-state index contributed by atoms with van der Waals surface area (Å²) in [6.45, 7) is 5.00. The van der Waals surface area contributed by atoms with Gasteiger partial charge < -0.3 is 14.9 Å². The standard InChI is InChI=1S/C22H27FO5/c1-11-6-13-14-8-16(23)15-7-12(25)4-5-19(15,2)22(14)18(28-22)9-20(13,3)21(11,27)17(26)10-24/h4-5,7,11,13-14,16,18,24,27H,6,8-10H2,1-3H3/t11?,13-,14-,16?,18?,19-,20-,21-,22?/m0/s1. The monoisotopic (exact) mass is 390 g/mol. The van der Waals surface area contributed by atoms with Crippen LogP contribution in [0.3, 0.4) is 0 Å². The third-order valence-corrected chi connectivity index (χ3v) is 9.07. The third kappa shape index (κ3) is 1.75. The highest BCUT2D eigenvalue weighted by atomic mass is 19.1. The quantitative estimate of drug-likeness (QED) is 0.704. The lowest BCUT2D eigenvalue weighted by atomic mass is 9.46. The minimum atomic E-state index is -1.63. The first-order chi connectivity index (χ1) is 13.1. The van der Waals surface area contributed by atoms with Gasteiger partial charge in [0, 0.05) is 10.8 Å². The zero-order valence-corrected chi connectivity index (χ0v) is 16.4. The van der Waals surface area contributed by atoms with Crippen LogP contribution in [0.2, 0.25) is 0 Å². The van der Waals surface area contributed by atoms with Crippen LogP contribution in [0.5, 0.6) is 0 Å². The predicted octanol–water partition coefficient (Wildman–Crippen LogP) is 1.91. The lowest BCUT2D eigenvalue weighted by molar-refractivity contribution is -0.166. The van der Waals surface area contributed by atoms with E-state index in [-0.39, 0.29) is 36.1 Å². The molecule has 0 aromatic heterocycles. The number of aliphatic hydroxyl groups excluding tert-OH is 1. The van der Waals surface area contributed by atoms with Crippen molar-refractivity contribution in [2.24, 2.45) is 28.6 Å². The van der Waals surface area contributed by atoms with Crippen LogP contribution in [-0.4, -0.2) is 51.9 Å². The number of allylic oxidation sites excluding steroid dienone is 2. The Morgan fingerprint density at radius 2 is 2.04 bits per heavy atom. The molecule has 5 nitrogen and oxygen atoms in total. The number of Topliss-reactive ketones (excluding diaryl/α,β-unsaturated/α-hetero) is 1. The summed E-state index contributed by atoms with van der Waals surface area (Å²) in [7, 11) is 0. The van der Waals surface area contributed by atoms with Crippen LogP contribution in [0.15, 0.2) is 23.8 Å². The van der Waals surface area contributed by atoms with E-state index >= 15 is 4.39 Å². The lowest BCUT2D eigenvalue weighted by Crippen LogP contribution is -2.63. The van der Waals surface area contributed by atoms with Gasteiger partial charge in [-0.15, -0.1) is 0 Å². The fourth-order valence-corrected chi connectivity index (χ4v) is 7.69. The summed E-state index contributed by atoms with van der Waals surface area (Å²) in [6, 6.07) is 0. The van der Waals surface area contributed by atoms with Crippen molar-refractivity contribution >= 4 is 11.6 Å². The number of carbonyl (C=O) groups is 2.